The number of likely N-dealkylation sites (tertiary alicyclic amines) is 1. The Morgan fingerprint density at radius 3 is 2.96 bits per heavy atom. The number of amides is 1. The van der Waals surface area contributed by atoms with Gasteiger partial charge in [-0.05, 0) is 70.7 Å². The number of aromatic nitrogens is 4. The lowest BCUT2D eigenvalue weighted by molar-refractivity contribution is 0.0605. The molecule has 4 rings (SSSR count). The zero-order chi connectivity index (χ0) is 18.8. The predicted octanol–water partition coefficient (Wildman–Crippen LogP) is 3.73. The molecular formula is C18H15BrN6OS. The second-order valence-corrected chi connectivity index (χ2v) is 8.68. The maximum absolute atomic E-state index is 13.0. The van der Waals surface area contributed by atoms with Crippen molar-refractivity contribution in [2.75, 3.05) is 6.54 Å². The first-order chi connectivity index (χ1) is 13.2. The predicted molar refractivity (Wildman–Crippen MR) is 104 cm³/mol. The van der Waals surface area contributed by atoms with Crippen LogP contribution in [-0.4, -0.2) is 37.6 Å². The SMILES string of the molecule is N#Cc1cccc(-n2nnc(C3CCCCN3C(=O)c3ccc(Br)s3)n2)c1. The Bertz CT molecular complexity index is 1020. The van der Waals surface area contributed by atoms with E-state index in [2.05, 4.69) is 37.4 Å². The summed E-state index contributed by atoms with van der Waals surface area (Å²) < 4.78 is 0.931. The van der Waals surface area contributed by atoms with Crippen LogP contribution in [0, 0.1) is 11.3 Å². The molecule has 0 bridgehead atoms. The van der Waals surface area contributed by atoms with E-state index in [1.165, 1.54) is 16.1 Å². The largest absolute Gasteiger partial charge is 0.328 e. The number of piperidine rings is 1. The van der Waals surface area contributed by atoms with E-state index in [0.29, 0.717) is 28.5 Å². The van der Waals surface area contributed by atoms with Crippen LogP contribution < -0.4 is 0 Å². The molecule has 0 saturated carbocycles. The molecule has 1 aliphatic heterocycles. The number of thiophene rings is 1. The van der Waals surface area contributed by atoms with E-state index in [1.54, 1.807) is 18.2 Å². The van der Waals surface area contributed by atoms with Gasteiger partial charge in [-0.1, -0.05) is 6.07 Å². The van der Waals surface area contributed by atoms with Gasteiger partial charge in [0.15, 0.2) is 5.82 Å². The van der Waals surface area contributed by atoms with Crippen molar-refractivity contribution in [1.82, 2.24) is 25.1 Å². The first-order valence-electron chi connectivity index (χ1n) is 8.52. The maximum atomic E-state index is 13.0. The van der Waals surface area contributed by atoms with E-state index in [9.17, 15) is 4.79 Å². The Kier molecular flexibility index (Phi) is 5.01. The van der Waals surface area contributed by atoms with Crippen LogP contribution in [0.4, 0.5) is 0 Å². The fourth-order valence-corrected chi connectivity index (χ4v) is 4.52. The summed E-state index contributed by atoms with van der Waals surface area (Å²) in [5, 5.41) is 21.9. The average Bonchev–Trinajstić information content (AvgIpc) is 3.37. The van der Waals surface area contributed by atoms with E-state index in [0.717, 1.165) is 23.0 Å². The smallest absolute Gasteiger partial charge is 0.264 e. The van der Waals surface area contributed by atoms with Gasteiger partial charge in [-0.2, -0.15) is 5.26 Å². The number of nitrogens with zero attached hydrogens (tertiary/aromatic N) is 6. The minimum absolute atomic E-state index is 0.00164. The van der Waals surface area contributed by atoms with Crippen molar-refractivity contribution in [2.24, 2.45) is 0 Å². The molecule has 1 saturated heterocycles. The van der Waals surface area contributed by atoms with Crippen LogP contribution in [0.2, 0.25) is 0 Å². The number of carbonyl (C=O) groups is 1. The van der Waals surface area contributed by atoms with Crippen molar-refractivity contribution in [3.05, 3.63) is 56.4 Å². The standard InChI is InChI=1S/C18H15BrN6OS/c19-16-8-7-15(27-16)18(26)24-9-2-1-6-14(24)17-21-23-25(22-17)13-5-3-4-12(10-13)11-20/h3-5,7-8,10,14H,1-2,6,9H2. The fraction of sp³-hybridized carbons (Fsp3) is 0.278. The third-order valence-corrected chi connectivity index (χ3v) is 6.09. The first-order valence-corrected chi connectivity index (χ1v) is 10.1. The van der Waals surface area contributed by atoms with Crippen LogP contribution in [0.3, 0.4) is 0 Å². The van der Waals surface area contributed by atoms with Crippen molar-refractivity contribution < 1.29 is 4.79 Å². The molecule has 7 nitrogen and oxygen atoms in total. The molecule has 1 fully saturated rings. The summed E-state index contributed by atoms with van der Waals surface area (Å²) in [6.45, 7) is 0.678. The minimum atomic E-state index is -0.194. The lowest BCUT2D eigenvalue weighted by atomic mass is 10.0. The molecular weight excluding hydrogens is 428 g/mol. The number of halogens is 1. The minimum Gasteiger partial charge on any atom is -0.328 e. The lowest BCUT2D eigenvalue weighted by Crippen LogP contribution is -2.38. The lowest BCUT2D eigenvalue weighted by Gasteiger charge is -2.33. The zero-order valence-corrected chi connectivity index (χ0v) is 16.7. The van der Waals surface area contributed by atoms with Gasteiger partial charge >= 0.3 is 0 Å². The molecule has 1 atom stereocenters. The van der Waals surface area contributed by atoms with E-state index in [4.69, 9.17) is 5.26 Å². The van der Waals surface area contributed by atoms with Crippen molar-refractivity contribution in [2.45, 2.75) is 25.3 Å². The topological polar surface area (TPSA) is 87.7 Å². The Balaban J connectivity index is 1.62. The summed E-state index contributed by atoms with van der Waals surface area (Å²) in [5.74, 6) is 0.527. The summed E-state index contributed by atoms with van der Waals surface area (Å²) in [5.41, 5.74) is 1.20. The van der Waals surface area contributed by atoms with Crippen LogP contribution in [0.25, 0.3) is 5.69 Å². The van der Waals surface area contributed by atoms with Crippen LogP contribution in [0.5, 0.6) is 0 Å². The molecule has 9 heteroatoms. The van der Waals surface area contributed by atoms with Gasteiger partial charge in [0.05, 0.1) is 32.0 Å². The number of hydrogen-bond donors (Lipinski definition) is 0. The summed E-state index contributed by atoms with van der Waals surface area (Å²) in [6.07, 6.45) is 2.79. The average molecular weight is 443 g/mol. The molecule has 0 spiro atoms. The molecule has 136 valence electrons. The highest BCUT2D eigenvalue weighted by molar-refractivity contribution is 9.11. The number of carbonyl (C=O) groups excluding carboxylic acids is 1. The summed E-state index contributed by atoms with van der Waals surface area (Å²) >= 11 is 4.84. The fourth-order valence-electron chi connectivity index (χ4n) is 3.18. The van der Waals surface area contributed by atoms with E-state index in [-0.39, 0.29) is 11.9 Å². The second-order valence-electron chi connectivity index (χ2n) is 6.21. The van der Waals surface area contributed by atoms with Crippen molar-refractivity contribution >= 4 is 33.2 Å². The van der Waals surface area contributed by atoms with Gasteiger partial charge in [0.1, 0.15) is 0 Å². The van der Waals surface area contributed by atoms with Gasteiger partial charge in [0, 0.05) is 6.54 Å². The van der Waals surface area contributed by atoms with Crippen molar-refractivity contribution in [3.63, 3.8) is 0 Å². The normalized spacial score (nSPS) is 16.9. The van der Waals surface area contributed by atoms with E-state index < -0.39 is 0 Å². The quantitative estimate of drug-likeness (QED) is 0.616. The van der Waals surface area contributed by atoms with E-state index >= 15 is 0 Å². The highest BCUT2D eigenvalue weighted by Gasteiger charge is 2.32. The second kappa shape index (κ2) is 7.58. The monoisotopic (exact) mass is 442 g/mol. The molecule has 1 aliphatic rings. The van der Waals surface area contributed by atoms with Crippen LogP contribution in [-0.2, 0) is 0 Å². The van der Waals surface area contributed by atoms with Gasteiger partial charge in [-0.3, -0.25) is 4.79 Å². The van der Waals surface area contributed by atoms with Gasteiger partial charge < -0.3 is 4.90 Å². The molecule has 1 aromatic carbocycles. The molecule has 0 radical (unpaired) electrons. The molecule has 1 unspecified atom stereocenters. The zero-order valence-electron chi connectivity index (χ0n) is 14.2. The molecule has 27 heavy (non-hydrogen) atoms. The maximum Gasteiger partial charge on any atom is 0.264 e. The Labute approximate surface area is 168 Å². The number of nitriles is 1. The number of hydrogen-bond acceptors (Lipinski definition) is 6. The summed E-state index contributed by atoms with van der Waals surface area (Å²) in [6, 6.07) is 12.7. The van der Waals surface area contributed by atoms with Gasteiger partial charge in [0.2, 0.25) is 0 Å². The molecule has 0 aliphatic carbocycles. The highest BCUT2D eigenvalue weighted by Crippen LogP contribution is 2.32. The van der Waals surface area contributed by atoms with Gasteiger partial charge in [-0.15, -0.1) is 26.3 Å². The van der Waals surface area contributed by atoms with Crippen LogP contribution in [0.1, 0.15) is 46.4 Å². The number of rotatable bonds is 3. The third kappa shape index (κ3) is 3.63. The molecule has 3 heterocycles. The molecule has 0 N–H and O–H groups in total. The van der Waals surface area contributed by atoms with Crippen molar-refractivity contribution in [1.29, 1.82) is 5.26 Å². The van der Waals surface area contributed by atoms with E-state index in [1.807, 2.05) is 23.1 Å². The number of tetrazole rings is 1. The molecule has 2 aromatic heterocycles. The van der Waals surface area contributed by atoms with Gasteiger partial charge in [0.25, 0.3) is 5.91 Å². The first kappa shape index (κ1) is 17.8. The van der Waals surface area contributed by atoms with Crippen molar-refractivity contribution in [3.8, 4) is 11.8 Å². The third-order valence-electron chi connectivity index (χ3n) is 4.48. The number of benzene rings is 1. The van der Waals surface area contributed by atoms with Crippen LogP contribution >= 0.6 is 27.3 Å². The Hall–Kier alpha value is -2.57. The Morgan fingerprint density at radius 2 is 2.19 bits per heavy atom. The van der Waals surface area contributed by atoms with Gasteiger partial charge in [-0.25, -0.2) is 0 Å². The molecule has 3 aromatic rings. The summed E-state index contributed by atoms with van der Waals surface area (Å²) in [7, 11) is 0. The highest BCUT2D eigenvalue weighted by atomic mass is 79.9. The Morgan fingerprint density at radius 1 is 1.30 bits per heavy atom. The van der Waals surface area contributed by atoms with Crippen LogP contribution in [0.15, 0.2) is 40.2 Å². The molecule has 1 amide bonds. The summed E-state index contributed by atoms with van der Waals surface area (Å²) in [4.78, 5) is 16.9.